The molecule has 146 valence electrons. The average Bonchev–Trinajstić information content (AvgIpc) is 3.17. The zero-order valence-corrected chi connectivity index (χ0v) is 16.3. The number of amides is 2. The van der Waals surface area contributed by atoms with Crippen molar-refractivity contribution in [1.82, 2.24) is 30.1 Å². The summed E-state index contributed by atoms with van der Waals surface area (Å²) in [5.41, 5.74) is 5.89. The Morgan fingerprint density at radius 2 is 1.89 bits per heavy atom. The van der Waals surface area contributed by atoms with Gasteiger partial charge in [-0.3, -0.25) is 20.0 Å². The highest BCUT2D eigenvalue weighted by molar-refractivity contribution is 5.92. The molecule has 2 aromatic rings. The normalized spacial score (nSPS) is 18.8. The fourth-order valence-electron chi connectivity index (χ4n) is 4.21. The molecule has 1 aromatic heterocycles. The van der Waals surface area contributed by atoms with Gasteiger partial charge >= 0.3 is 0 Å². The van der Waals surface area contributed by atoms with Crippen molar-refractivity contribution in [2.45, 2.75) is 20.3 Å². The molecule has 8 nitrogen and oxygen atoms in total. The van der Waals surface area contributed by atoms with Gasteiger partial charge in [-0.2, -0.15) is 0 Å². The first-order valence-electron chi connectivity index (χ1n) is 9.29. The molecule has 8 heteroatoms. The molecule has 4 rings (SSSR count). The highest BCUT2D eigenvalue weighted by Gasteiger charge is 2.50. The first-order valence-corrected chi connectivity index (χ1v) is 9.29. The number of carbonyl (C=O) groups is 2. The minimum Gasteiger partial charge on any atom is -0.305 e. The summed E-state index contributed by atoms with van der Waals surface area (Å²) in [6.07, 6.45) is 4.92. The van der Waals surface area contributed by atoms with Crippen LogP contribution in [-0.2, 0) is 9.59 Å². The molecule has 1 N–H and O–H groups in total. The number of nitrogens with zero attached hydrogens (tertiary/aromatic N) is 5. The van der Waals surface area contributed by atoms with Crippen LogP contribution in [0.15, 0.2) is 30.6 Å². The van der Waals surface area contributed by atoms with Crippen LogP contribution in [0.1, 0.15) is 17.5 Å². The molecule has 28 heavy (non-hydrogen) atoms. The number of hydrogen-bond donors (Lipinski definition) is 1. The average molecular weight is 380 g/mol. The first-order chi connectivity index (χ1) is 13.3. The Morgan fingerprint density at radius 3 is 2.57 bits per heavy atom. The van der Waals surface area contributed by atoms with E-state index in [1.165, 1.54) is 22.0 Å². The van der Waals surface area contributed by atoms with Gasteiger partial charge in [-0.05, 0) is 33.0 Å². The molecule has 2 aliphatic heterocycles. The number of hydrazine groups is 1. The van der Waals surface area contributed by atoms with Crippen LogP contribution in [0, 0.1) is 19.3 Å². The summed E-state index contributed by atoms with van der Waals surface area (Å²) < 4.78 is 1.49. The Balaban J connectivity index is 1.37. The summed E-state index contributed by atoms with van der Waals surface area (Å²) in [5, 5.41) is 5.82. The number of carbonyl (C=O) groups excluding carboxylic acids is 2. The quantitative estimate of drug-likeness (QED) is 0.807. The molecule has 0 saturated carbocycles. The molecule has 2 fully saturated rings. The Bertz CT molecular complexity index is 937. The summed E-state index contributed by atoms with van der Waals surface area (Å²) in [6.45, 7) is 6.41. The van der Waals surface area contributed by atoms with E-state index in [1.54, 1.807) is 6.33 Å². The predicted molar refractivity (Wildman–Crippen MR) is 105 cm³/mol. The van der Waals surface area contributed by atoms with Crippen LogP contribution in [-0.4, -0.2) is 63.2 Å². The van der Waals surface area contributed by atoms with E-state index in [1.807, 2.05) is 33.0 Å². The molecule has 0 bridgehead atoms. The third-order valence-corrected chi connectivity index (χ3v) is 5.14. The Kier molecular flexibility index (Phi) is 4.50. The van der Waals surface area contributed by atoms with E-state index in [9.17, 15) is 9.59 Å². The summed E-state index contributed by atoms with van der Waals surface area (Å²) in [7, 11) is 2.03. The maximum Gasteiger partial charge on any atom is 0.264 e. The van der Waals surface area contributed by atoms with Crippen LogP contribution in [0.5, 0.6) is 0 Å². The number of aryl methyl sites for hydroxylation is 2. The number of hydrogen-bond acceptors (Lipinski definition) is 5. The summed E-state index contributed by atoms with van der Waals surface area (Å²) in [5.74, 6) is 0.205. The molecule has 1 aromatic carbocycles. The lowest BCUT2D eigenvalue weighted by molar-refractivity contribution is -0.136. The van der Waals surface area contributed by atoms with Crippen LogP contribution in [0.3, 0.4) is 0 Å². The minimum absolute atomic E-state index is 0.00439. The Morgan fingerprint density at radius 1 is 1.18 bits per heavy atom. The van der Waals surface area contributed by atoms with Gasteiger partial charge in [-0.1, -0.05) is 17.2 Å². The highest BCUT2D eigenvalue weighted by atomic mass is 16.2. The smallest absolute Gasteiger partial charge is 0.264 e. The summed E-state index contributed by atoms with van der Waals surface area (Å²) in [6, 6.07) is 6.14. The summed E-state index contributed by atoms with van der Waals surface area (Å²) in [4.78, 5) is 30.8. The van der Waals surface area contributed by atoms with E-state index in [-0.39, 0.29) is 17.2 Å². The van der Waals surface area contributed by atoms with Gasteiger partial charge in [0.05, 0.1) is 6.54 Å². The van der Waals surface area contributed by atoms with Gasteiger partial charge in [-0.15, -0.1) is 5.10 Å². The van der Waals surface area contributed by atoms with Gasteiger partial charge in [0.15, 0.2) is 5.82 Å². The number of rotatable bonds is 4. The molecule has 0 unspecified atom stereocenters. The fraction of sp³-hybridized carbons (Fsp3) is 0.400. The van der Waals surface area contributed by atoms with Gasteiger partial charge < -0.3 is 4.90 Å². The molecular formula is C20H24N6O2. The van der Waals surface area contributed by atoms with Crippen LogP contribution in [0.25, 0.3) is 17.6 Å². The molecule has 0 radical (unpaired) electrons. The van der Waals surface area contributed by atoms with Gasteiger partial charge in [0.25, 0.3) is 5.91 Å². The molecule has 2 saturated heterocycles. The largest absolute Gasteiger partial charge is 0.305 e. The van der Waals surface area contributed by atoms with Gasteiger partial charge in [0.2, 0.25) is 5.91 Å². The second kappa shape index (κ2) is 6.87. The molecular weight excluding hydrogens is 356 g/mol. The second-order valence-corrected chi connectivity index (χ2v) is 8.05. The zero-order chi connectivity index (χ0) is 19.9. The SMILES string of the molecule is Cc1cc(C)cc(-c2ncn(/C=C\C(=O)NN3CC4(CC3=O)CN(C)C4)n2)c1. The van der Waals surface area contributed by atoms with Crippen molar-refractivity contribution in [1.29, 1.82) is 0 Å². The van der Waals surface area contributed by atoms with Crippen LogP contribution < -0.4 is 5.43 Å². The topological polar surface area (TPSA) is 83.4 Å². The standard InChI is InChI=1S/C20H24N6O2/c1-14-6-15(2)8-16(7-14)19-21-13-25(23-19)5-4-17(27)22-26-12-20(9-18(26)28)10-24(3)11-20/h4-8,13H,9-12H2,1-3H3,(H,22,27)/b5-4-. The van der Waals surface area contributed by atoms with Gasteiger partial charge in [0.1, 0.15) is 6.33 Å². The lowest BCUT2D eigenvalue weighted by Crippen LogP contribution is -2.56. The van der Waals surface area contributed by atoms with Crippen molar-refractivity contribution in [3.8, 4) is 11.4 Å². The maximum absolute atomic E-state index is 12.2. The maximum atomic E-state index is 12.2. The highest BCUT2D eigenvalue weighted by Crippen LogP contribution is 2.38. The first kappa shape index (κ1) is 18.4. The summed E-state index contributed by atoms with van der Waals surface area (Å²) >= 11 is 0. The number of nitrogens with one attached hydrogen (secondary N) is 1. The van der Waals surface area contributed by atoms with Crippen LogP contribution in [0.2, 0.25) is 0 Å². The molecule has 2 aliphatic rings. The third kappa shape index (κ3) is 3.68. The van der Waals surface area contributed by atoms with Crippen LogP contribution in [0.4, 0.5) is 0 Å². The molecule has 0 aliphatic carbocycles. The van der Waals surface area contributed by atoms with E-state index in [0.29, 0.717) is 18.8 Å². The van der Waals surface area contributed by atoms with E-state index >= 15 is 0 Å². The van der Waals surface area contributed by atoms with Gasteiger partial charge in [-0.25, -0.2) is 9.67 Å². The monoisotopic (exact) mass is 380 g/mol. The molecule has 0 atom stereocenters. The van der Waals surface area contributed by atoms with Crippen molar-refractivity contribution < 1.29 is 9.59 Å². The minimum atomic E-state index is -0.360. The lowest BCUT2D eigenvalue weighted by atomic mass is 9.79. The third-order valence-electron chi connectivity index (χ3n) is 5.14. The number of benzene rings is 1. The van der Waals surface area contributed by atoms with E-state index in [0.717, 1.165) is 29.8 Å². The predicted octanol–water partition coefficient (Wildman–Crippen LogP) is 1.23. The van der Waals surface area contributed by atoms with Crippen molar-refractivity contribution in [2.75, 3.05) is 26.7 Å². The van der Waals surface area contributed by atoms with E-state index < -0.39 is 0 Å². The number of likely N-dealkylation sites (tertiary alicyclic amines) is 1. The second-order valence-electron chi connectivity index (χ2n) is 8.05. The van der Waals surface area contributed by atoms with Gasteiger partial charge in [0, 0.05) is 42.8 Å². The Hall–Kier alpha value is -3.00. The van der Waals surface area contributed by atoms with Crippen molar-refractivity contribution in [2.24, 2.45) is 5.41 Å². The van der Waals surface area contributed by atoms with Crippen molar-refractivity contribution in [3.63, 3.8) is 0 Å². The lowest BCUT2D eigenvalue weighted by Gasteiger charge is -2.45. The molecule has 1 spiro atoms. The fourth-order valence-corrected chi connectivity index (χ4v) is 4.21. The van der Waals surface area contributed by atoms with Crippen LogP contribution >= 0.6 is 0 Å². The zero-order valence-electron chi connectivity index (χ0n) is 16.3. The van der Waals surface area contributed by atoms with Crippen molar-refractivity contribution >= 4 is 18.0 Å². The van der Waals surface area contributed by atoms with E-state index in [2.05, 4.69) is 26.5 Å². The van der Waals surface area contributed by atoms with Crippen molar-refractivity contribution in [3.05, 3.63) is 41.7 Å². The Labute approximate surface area is 163 Å². The molecule has 3 heterocycles. The number of aromatic nitrogens is 3. The van der Waals surface area contributed by atoms with E-state index in [4.69, 9.17) is 0 Å². The molecule has 2 amide bonds.